The van der Waals surface area contributed by atoms with Crippen LogP contribution in [-0.4, -0.2) is 28.5 Å². The summed E-state index contributed by atoms with van der Waals surface area (Å²) in [6.07, 6.45) is 0. The van der Waals surface area contributed by atoms with Crippen molar-refractivity contribution >= 4 is 28.8 Å². The molecule has 1 aromatic heterocycles. The lowest BCUT2D eigenvalue weighted by Gasteiger charge is -2.04. The van der Waals surface area contributed by atoms with Crippen LogP contribution in [0.15, 0.2) is 42.5 Å². The fourth-order valence-corrected chi connectivity index (χ4v) is 3.06. The normalized spacial score (nSPS) is 12.5. The Morgan fingerprint density at radius 3 is 3.00 bits per heavy atom. The van der Waals surface area contributed by atoms with Crippen LogP contribution in [0.4, 0.5) is 0 Å². The van der Waals surface area contributed by atoms with Gasteiger partial charge < -0.3 is 19.2 Å². The highest BCUT2D eigenvalue weighted by Crippen LogP contribution is 2.35. The maximum atomic E-state index is 11.9. The zero-order chi connectivity index (χ0) is 16.4. The second-order valence-electron chi connectivity index (χ2n) is 5.18. The lowest BCUT2D eigenvalue weighted by atomic mass is 10.3. The highest BCUT2D eigenvalue weighted by molar-refractivity contribution is 7.99. The van der Waals surface area contributed by atoms with Gasteiger partial charge in [-0.25, -0.2) is 4.98 Å². The van der Waals surface area contributed by atoms with E-state index in [-0.39, 0.29) is 18.5 Å². The van der Waals surface area contributed by atoms with Crippen molar-refractivity contribution in [1.82, 2.24) is 9.97 Å². The van der Waals surface area contributed by atoms with E-state index in [4.69, 9.17) is 14.2 Å². The number of H-pyrrole nitrogens is 1. The molecule has 0 saturated heterocycles. The van der Waals surface area contributed by atoms with Gasteiger partial charge in [-0.3, -0.25) is 4.79 Å². The van der Waals surface area contributed by atoms with Gasteiger partial charge in [-0.1, -0.05) is 12.1 Å². The summed E-state index contributed by atoms with van der Waals surface area (Å²) >= 11 is 1.45. The number of carbonyl (C=O) groups is 1. The minimum absolute atomic E-state index is 0.195. The average molecular weight is 342 g/mol. The summed E-state index contributed by atoms with van der Waals surface area (Å²) in [4.78, 5) is 19.6. The van der Waals surface area contributed by atoms with E-state index >= 15 is 0 Å². The van der Waals surface area contributed by atoms with Gasteiger partial charge in [-0.15, -0.1) is 11.8 Å². The summed E-state index contributed by atoms with van der Waals surface area (Å²) in [5, 5.41) is 0. The first-order valence-corrected chi connectivity index (χ1v) is 8.55. The fourth-order valence-electron chi connectivity index (χ4n) is 2.41. The second kappa shape index (κ2) is 6.45. The summed E-state index contributed by atoms with van der Waals surface area (Å²) in [5.74, 6) is 3.10. The highest BCUT2D eigenvalue weighted by Gasteiger charge is 2.15. The molecule has 0 amide bonds. The first-order valence-electron chi connectivity index (χ1n) is 7.40. The standard InChI is InChI=1S/C17H14N2O4S/c20-17(23-11-5-6-14-15(7-11)22-10-21-14)9-24-8-16-18-12-3-1-2-4-13(12)19-16/h1-7H,8-10H2,(H,18,19). The Bertz CT molecular complexity index is 860. The van der Waals surface area contributed by atoms with E-state index in [2.05, 4.69) is 9.97 Å². The molecule has 6 nitrogen and oxygen atoms in total. The van der Waals surface area contributed by atoms with Gasteiger partial charge in [-0.2, -0.15) is 0 Å². The summed E-state index contributed by atoms with van der Waals surface area (Å²) in [6, 6.07) is 12.9. The summed E-state index contributed by atoms with van der Waals surface area (Å²) < 4.78 is 15.8. The Labute approximate surface area is 142 Å². The molecule has 24 heavy (non-hydrogen) atoms. The number of ether oxygens (including phenoxy) is 3. The number of fused-ring (bicyclic) bond motifs is 2. The van der Waals surface area contributed by atoms with Crippen LogP contribution in [-0.2, 0) is 10.5 Å². The Morgan fingerprint density at radius 1 is 1.21 bits per heavy atom. The number of imidazole rings is 1. The molecule has 0 unspecified atom stereocenters. The number of benzene rings is 2. The summed E-state index contributed by atoms with van der Waals surface area (Å²) in [6.45, 7) is 0.195. The second-order valence-corrected chi connectivity index (χ2v) is 6.17. The number of rotatable bonds is 5. The molecule has 4 rings (SSSR count). The molecule has 0 radical (unpaired) electrons. The Kier molecular flexibility index (Phi) is 4.00. The van der Waals surface area contributed by atoms with Crippen molar-refractivity contribution in [2.24, 2.45) is 0 Å². The van der Waals surface area contributed by atoms with Gasteiger partial charge in [0.25, 0.3) is 0 Å². The Balaban J connectivity index is 1.30. The molecule has 7 heteroatoms. The van der Waals surface area contributed by atoms with Crippen molar-refractivity contribution in [3.8, 4) is 17.2 Å². The third-order valence-corrected chi connectivity index (χ3v) is 4.39. The van der Waals surface area contributed by atoms with Crippen LogP contribution in [0, 0.1) is 0 Å². The Morgan fingerprint density at radius 2 is 2.08 bits per heavy atom. The van der Waals surface area contributed by atoms with E-state index < -0.39 is 0 Å². The topological polar surface area (TPSA) is 73.4 Å². The first-order chi connectivity index (χ1) is 11.8. The molecule has 1 N–H and O–H groups in total. The molecule has 3 aromatic rings. The average Bonchev–Trinajstić information content (AvgIpc) is 3.20. The lowest BCUT2D eigenvalue weighted by molar-refractivity contribution is -0.131. The number of hydrogen-bond acceptors (Lipinski definition) is 6. The molecular weight excluding hydrogens is 328 g/mol. The third-order valence-electron chi connectivity index (χ3n) is 3.47. The molecule has 0 spiro atoms. The van der Waals surface area contributed by atoms with E-state index in [1.54, 1.807) is 18.2 Å². The number of nitrogens with zero attached hydrogens (tertiary/aromatic N) is 1. The van der Waals surface area contributed by atoms with Crippen LogP contribution in [0.1, 0.15) is 5.82 Å². The number of esters is 1. The van der Waals surface area contributed by atoms with E-state index in [0.29, 0.717) is 23.0 Å². The number of para-hydroxylation sites is 2. The molecule has 0 bridgehead atoms. The highest BCUT2D eigenvalue weighted by atomic mass is 32.2. The van der Waals surface area contributed by atoms with Crippen LogP contribution in [0.3, 0.4) is 0 Å². The first kappa shape index (κ1) is 14.9. The van der Waals surface area contributed by atoms with Crippen molar-refractivity contribution in [1.29, 1.82) is 0 Å². The largest absolute Gasteiger partial charge is 0.454 e. The lowest BCUT2D eigenvalue weighted by Crippen LogP contribution is -2.10. The van der Waals surface area contributed by atoms with Gasteiger partial charge in [0.1, 0.15) is 11.6 Å². The molecular formula is C17H14N2O4S. The Hall–Kier alpha value is -2.67. The van der Waals surface area contributed by atoms with Gasteiger partial charge in [0.05, 0.1) is 22.5 Å². The maximum absolute atomic E-state index is 11.9. The number of thioether (sulfide) groups is 1. The van der Waals surface area contributed by atoms with Crippen LogP contribution < -0.4 is 14.2 Å². The quantitative estimate of drug-likeness (QED) is 0.567. The van der Waals surface area contributed by atoms with Crippen LogP contribution in [0.2, 0.25) is 0 Å². The van der Waals surface area contributed by atoms with Crippen molar-refractivity contribution in [3.05, 3.63) is 48.3 Å². The van der Waals surface area contributed by atoms with Gasteiger partial charge in [0, 0.05) is 6.07 Å². The SMILES string of the molecule is O=C(CSCc1nc2ccccc2[nH]1)Oc1ccc2c(c1)OCO2. The minimum atomic E-state index is -0.310. The van der Waals surface area contributed by atoms with Gasteiger partial charge in [0.15, 0.2) is 11.5 Å². The molecule has 2 aromatic carbocycles. The predicted molar refractivity (Wildman–Crippen MR) is 90.5 cm³/mol. The van der Waals surface area contributed by atoms with Gasteiger partial charge in [0.2, 0.25) is 6.79 Å². The zero-order valence-electron chi connectivity index (χ0n) is 12.7. The van der Waals surface area contributed by atoms with Crippen LogP contribution >= 0.6 is 11.8 Å². The molecule has 122 valence electrons. The summed E-state index contributed by atoms with van der Waals surface area (Å²) in [7, 11) is 0. The van der Waals surface area contributed by atoms with Gasteiger partial charge in [-0.05, 0) is 24.3 Å². The monoisotopic (exact) mass is 342 g/mol. The van der Waals surface area contributed by atoms with E-state index in [1.807, 2.05) is 24.3 Å². The van der Waals surface area contributed by atoms with Crippen LogP contribution in [0.25, 0.3) is 11.0 Å². The van der Waals surface area contributed by atoms with Gasteiger partial charge >= 0.3 is 5.97 Å². The molecule has 1 aliphatic heterocycles. The van der Waals surface area contributed by atoms with E-state index in [0.717, 1.165) is 16.9 Å². The van der Waals surface area contributed by atoms with Crippen molar-refractivity contribution in [3.63, 3.8) is 0 Å². The fraction of sp³-hybridized carbons (Fsp3) is 0.176. The zero-order valence-corrected chi connectivity index (χ0v) is 13.5. The van der Waals surface area contributed by atoms with Crippen LogP contribution in [0.5, 0.6) is 17.2 Å². The van der Waals surface area contributed by atoms with Crippen molar-refractivity contribution < 1.29 is 19.0 Å². The number of nitrogens with one attached hydrogen (secondary N) is 1. The third kappa shape index (κ3) is 3.16. The predicted octanol–water partition coefficient (Wildman–Crippen LogP) is 3.13. The van der Waals surface area contributed by atoms with Crippen molar-refractivity contribution in [2.75, 3.05) is 12.5 Å². The molecule has 2 heterocycles. The number of carbonyl (C=O) groups excluding carboxylic acids is 1. The molecule has 1 aliphatic rings. The molecule has 0 aliphatic carbocycles. The minimum Gasteiger partial charge on any atom is -0.454 e. The number of aromatic amines is 1. The number of hydrogen-bond donors (Lipinski definition) is 1. The maximum Gasteiger partial charge on any atom is 0.321 e. The van der Waals surface area contributed by atoms with E-state index in [1.165, 1.54) is 11.8 Å². The molecule has 0 saturated carbocycles. The molecule has 0 atom stereocenters. The van der Waals surface area contributed by atoms with Crippen molar-refractivity contribution in [2.45, 2.75) is 5.75 Å². The number of aromatic nitrogens is 2. The summed E-state index contributed by atoms with van der Waals surface area (Å²) in [5.41, 5.74) is 1.92. The smallest absolute Gasteiger partial charge is 0.321 e. The van der Waals surface area contributed by atoms with E-state index in [9.17, 15) is 4.79 Å². The molecule has 0 fully saturated rings.